The fourth-order valence-corrected chi connectivity index (χ4v) is 4.26. The fraction of sp³-hybridized carbons (Fsp3) is 0.391. The van der Waals surface area contributed by atoms with Gasteiger partial charge in [-0.05, 0) is 56.0 Å². The number of benzene rings is 2. The predicted octanol–water partition coefficient (Wildman–Crippen LogP) is 3.38. The van der Waals surface area contributed by atoms with Crippen molar-refractivity contribution >= 4 is 23.2 Å². The summed E-state index contributed by atoms with van der Waals surface area (Å²) in [7, 11) is 0. The maximum absolute atomic E-state index is 12.5. The molecule has 5 heteroatoms. The predicted molar refractivity (Wildman–Crippen MR) is 112 cm³/mol. The first-order valence-electron chi connectivity index (χ1n) is 10.2. The molecular weight excluding hydrogens is 350 g/mol. The molecule has 0 unspecified atom stereocenters. The molecular formula is C23H27N3O2. The molecule has 0 bridgehead atoms. The molecule has 0 spiro atoms. The van der Waals surface area contributed by atoms with Crippen LogP contribution in [0, 0.1) is 0 Å². The van der Waals surface area contributed by atoms with Crippen molar-refractivity contribution in [1.82, 2.24) is 5.32 Å². The van der Waals surface area contributed by atoms with Gasteiger partial charge in [0.15, 0.2) is 0 Å². The molecule has 1 fully saturated rings. The van der Waals surface area contributed by atoms with Crippen LogP contribution >= 0.6 is 0 Å². The van der Waals surface area contributed by atoms with Gasteiger partial charge in [0.2, 0.25) is 5.91 Å². The highest BCUT2D eigenvalue weighted by Gasteiger charge is 2.25. The van der Waals surface area contributed by atoms with Gasteiger partial charge in [-0.2, -0.15) is 0 Å². The average Bonchev–Trinajstić information content (AvgIpc) is 3.27. The molecule has 2 aromatic rings. The number of amides is 2. The zero-order valence-corrected chi connectivity index (χ0v) is 16.4. The molecule has 2 heterocycles. The molecule has 5 nitrogen and oxygen atoms in total. The van der Waals surface area contributed by atoms with Crippen LogP contribution in [0.2, 0.25) is 0 Å². The topological polar surface area (TPSA) is 52.7 Å². The molecule has 2 aromatic carbocycles. The third-order valence-corrected chi connectivity index (χ3v) is 5.70. The number of para-hydroxylation sites is 1. The highest BCUT2D eigenvalue weighted by Crippen LogP contribution is 2.31. The third kappa shape index (κ3) is 3.75. The Hall–Kier alpha value is -2.82. The van der Waals surface area contributed by atoms with Gasteiger partial charge in [-0.15, -0.1) is 0 Å². The van der Waals surface area contributed by atoms with Crippen molar-refractivity contribution in [3.63, 3.8) is 0 Å². The SMILES string of the molecule is C[C@H]1Cc2ccccc2N1CCCNC(=O)c1cccc(N2CCCC2=O)c1. The lowest BCUT2D eigenvalue weighted by Gasteiger charge is -2.25. The number of nitrogens with zero attached hydrogens (tertiary/aromatic N) is 2. The summed E-state index contributed by atoms with van der Waals surface area (Å²) in [6, 6.07) is 16.4. The van der Waals surface area contributed by atoms with Crippen LogP contribution in [0.1, 0.15) is 42.1 Å². The van der Waals surface area contributed by atoms with E-state index in [1.165, 1.54) is 11.3 Å². The summed E-state index contributed by atoms with van der Waals surface area (Å²) in [5, 5.41) is 3.02. The highest BCUT2D eigenvalue weighted by molar-refractivity contribution is 5.99. The lowest BCUT2D eigenvalue weighted by Crippen LogP contribution is -2.33. The molecule has 4 rings (SSSR count). The van der Waals surface area contributed by atoms with Crippen LogP contribution in [0.25, 0.3) is 0 Å². The Morgan fingerprint density at radius 2 is 2.04 bits per heavy atom. The molecule has 1 saturated heterocycles. The summed E-state index contributed by atoms with van der Waals surface area (Å²) in [5.41, 5.74) is 4.16. The van der Waals surface area contributed by atoms with Crippen molar-refractivity contribution in [2.24, 2.45) is 0 Å². The molecule has 2 aliphatic rings. The van der Waals surface area contributed by atoms with E-state index in [2.05, 4.69) is 41.4 Å². The number of hydrogen-bond acceptors (Lipinski definition) is 3. The van der Waals surface area contributed by atoms with Gasteiger partial charge >= 0.3 is 0 Å². The van der Waals surface area contributed by atoms with Gasteiger partial charge in [0, 0.05) is 49.0 Å². The van der Waals surface area contributed by atoms with E-state index >= 15 is 0 Å². The van der Waals surface area contributed by atoms with E-state index in [1.54, 1.807) is 11.0 Å². The average molecular weight is 377 g/mol. The molecule has 0 radical (unpaired) electrons. The molecule has 1 N–H and O–H groups in total. The summed E-state index contributed by atoms with van der Waals surface area (Å²) < 4.78 is 0. The van der Waals surface area contributed by atoms with E-state index in [0.717, 1.165) is 38.0 Å². The zero-order valence-electron chi connectivity index (χ0n) is 16.4. The standard InChI is InChI=1S/C23H27N3O2/c1-17-15-18-7-2-3-10-21(18)25(17)14-6-12-24-23(28)19-8-4-9-20(16-19)26-13-5-11-22(26)27/h2-4,7-10,16-17H,5-6,11-15H2,1H3,(H,24,28)/t17-/m0/s1. The van der Waals surface area contributed by atoms with Crippen LogP contribution in [0.5, 0.6) is 0 Å². The van der Waals surface area contributed by atoms with E-state index in [-0.39, 0.29) is 11.8 Å². The number of hydrogen-bond donors (Lipinski definition) is 1. The van der Waals surface area contributed by atoms with Crippen molar-refractivity contribution in [1.29, 1.82) is 0 Å². The summed E-state index contributed by atoms with van der Waals surface area (Å²) in [6.45, 7) is 4.56. The second kappa shape index (κ2) is 8.05. The zero-order chi connectivity index (χ0) is 19.5. The van der Waals surface area contributed by atoms with Gasteiger partial charge in [-0.3, -0.25) is 9.59 Å². The van der Waals surface area contributed by atoms with Crippen molar-refractivity contribution in [2.45, 2.75) is 38.6 Å². The first-order chi connectivity index (χ1) is 13.6. The number of nitrogens with one attached hydrogen (secondary N) is 1. The summed E-state index contributed by atoms with van der Waals surface area (Å²) in [4.78, 5) is 28.6. The van der Waals surface area contributed by atoms with Crippen LogP contribution in [-0.2, 0) is 11.2 Å². The Morgan fingerprint density at radius 3 is 2.86 bits per heavy atom. The highest BCUT2D eigenvalue weighted by atomic mass is 16.2. The second-order valence-corrected chi connectivity index (χ2v) is 7.68. The number of anilines is 2. The lowest BCUT2D eigenvalue weighted by atomic mass is 10.1. The summed E-state index contributed by atoms with van der Waals surface area (Å²) >= 11 is 0. The maximum Gasteiger partial charge on any atom is 0.251 e. The van der Waals surface area contributed by atoms with Crippen molar-refractivity contribution in [3.8, 4) is 0 Å². The monoisotopic (exact) mass is 377 g/mol. The largest absolute Gasteiger partial charge is 0.368 e. The minimum atomic E-state index is -0.0802. The van der Waals surface area contributed by atoms with Crippen LogP contribution in [0.4, 0.5) is 11.4 Å². The number of carbonyl (C=O) groups excluding carboxylic acids is 2. The van der Waals surface area contributed by atoms with Crippen LogP contribution in [-0.4, -0.2) is 37.5 Å². The Morgan fingerprint density at radius 1 is 1.18 bits per heavy atom. The van der Waals surface area contributed by atoms with E-state index in [9.17, 15) is 9.59 Å². The molecule has 0 aromatic heterocycles. The lowest BCUT2D eigenvalue weighted by molar-refractivity contribution is -0.117. The number of rotatable bonds is 6. The third-order valence-electron chi connectivity index (χ3n) is 5.70. The van der Waals surface area contributed by atoms with Gasteiger partial charge in [-0.1, -0.05) is 24.3 Å². The number of carbonyl (C=O) groups is 2. The smallest absolute Gasteiger partial charge is 0.251 e. The maximum atomic E-state index is 12.5. The van der Waals surface area contributed by atoms with Gasteiger partial charge in [0.05, 0.1) is 0 Å². The van der Waals surface area contributed by atoms with Crippen molar-refractivity contribution < 1.29 is 9.59 Å². The van der Waals surface area contributed by atoms with Gasteiger partial charge in [-0.25, -0.2) is 0 Å². The molecule has 146 valence electrons. The van der Waals surface area contributed by atoms with Crippen molar-refractivity contribution in [3.05, 3.63) is 59.7 Å². The first-order valence-corrected chi connectivity index (χ1v) is 10.2. The van der Waals surface area contributed by atoms with Crippen LogP contribution in [0.15, 0.2) is 48.5 Å². The molecule has 0 aliphatic carbocycles. The number of fused-ring (bicyclic) bond motifs is 1. The minimum absolute atomic E-state index is 0.0802. The Kier molecular flexibility index (Phi) is 5.33. The van der Waals surface area contributed by atoms with E-state index in [4.69, 9.17) is 0 Å². The van der Waals surface area contributed by atoms with Crippen LogP contribution < -0.4 is 15.1 Å². The Labute approximate surface area is 166 Å². The normalized spacial score (nSPS) is 18.5. The van der Waals surface area contributed by atoms with Gasteiger partial charge in [0.25, 0.3) is 5.91 Å². The van der Waals surface area contributed by atoms with E-state index in [0.29, 0.717) is 24.6 Å². The fourth-order valence-electron chi connectivity index (χ4n) is 4.26. The second-order valence-electron chi connectivity index (χ2n) is 7.68. The summed E-state index contributed by atoms with van der Waals surface area (Å²) in [5.74, 6) is 0.0564. The molecule has 0 saturated carbocycles. The van der Waals surface area contributed by atoms with E-state index in [1.807, 2.05) is 18.2 Å². The minimum Gasteiger partial charge on any atom is -0.368 e. The molecule has 2 amide bonds. The Bertz CT molecular complexity index is 880. The molecule has 28 heavy (non-hydrogen) atoms. The molecule has 2 aliphatic heterocycles. The van der Waals surface area contributed by atoms with Crippen LogP contribution in [0.3, 0.4) is 0 Å². The van der Waals surface area contributed by atoms with E-state index < -0.39 is 0 Å². The van der Waals surface area contributed by atoms with Gasteiger partial charge < -0.3 is 15.1 Å². The Balaban J connectivity index is 1.30. The summed E-state index contributed by atoms with van der Waals surface area (Å²) in [6.07, 6.45) is 3.46. The first kappa shape index (κ1) is 18.5. The quantitative estimate of drug-likeness (QED) is 0.785. The van der Waals surface area contributed by atoms with Crippen molar-refractivity contribution in [2.75, 3.05) is 29.4 Å². The van der Waals surface area contributed by atoms with Gasteiger partial charge in [0.1, 0.15) is 0 Å². The molecule has 1 atom stereocenters.